The van der Waals surface area contributed by atoms with Gasteiger partial charge in [0.2, 0.25) is 0 Å². The molecule has 1 unspecified atom stereocenters. The minimum absolute atomic E-state index is 0.0709. The molecule has 0 bridgehead atoms. The van der Waals surface area contributed by atoms with Crippen LogP contribution in [0, 0.1) is 0 Å². The molecule has 2 heterocycles. The van der Waals surface area contributed by atoms with Crippen molar-refractivity contribution in [1.82, 2.24) is 4.98 Å². The summed E-state index contributed by atoms with van der Waals surface area (Å²) in [6.45, 7) is 6.28. The number of aliphatic hydroxyl groups excluding tert-OH is 1. The lowest BCUT2D eigenvalue weighted by atomic mass is 9.87. The number of carbonyl (C=O) groups excluding carboxylic acids is 2. The standard InChI is InChI=1S/C27H24Cl2N2O4/c1-27(2,3)17-5-7-18(8-6-17)31-22(15-9-11-30-12-10-15)21(24(33)26(31)34)23(32)16-13-19(28)25(35-4)20(29)14-16/h5-14,22,32H,1-4H3/b23-21+. The first-order chi connectivity index (χ1) is 16.5. The maximum Gasteiger partial charge on any atom is 0.300 e. The first kappa shape index (κ1) is 24.8. The molecular weight excluding hydrogens is 487 g/mol. The number of nitrogens with zero attached hydrogens (tertiary/aromatic N) is 2. The molecule has 1 N–H and O–H groups in total. The molecule has 3 aromatic rings. The minimum Gasteiger partial charge on any atom is -0.507 e. The first-order valence-electron chi connectivity index (χ1n) is 10.9. The Bertz CT molecular complexity index is 1310. The van der Waals surface area contributed by atoms with E-state index in [2.05, 4.69) is 25.8 Å². The molecular formula is C27H24Cl2N2O4. The Hall–Kier alpha value is -3.35. The van der Waals surface area contributed by atoms with Gasteiger partial charge in [-0.3, -0.25) is 19.5 Å². The Kier molecular flexibility index (Phi) is 6.62. The van der Waals surface area contributed by atoms with E-state index in [1.54, 1.807) is 36.7 Å². The molecule has 35 heavy (non-hydrogen) atoms. The fourth-order valence-corrected chi connectivity index (χ4v) is 4.77. The SMILES string of the molecule is COc1c(Cl)cc(/C(O)=C2\C(=O)C(=O)N(c3ccc(C(C)(C)C)cc3)C2c2ccncc2)cc1Cl. The highest BCUT2D eigenvalue weighted by Crippen LogP contribution is 2.44. The van der Waals surface area contributed by atoms with E-state index in [0.29, 0.717) is 11.3 Å². The predicted molar refractivity (Wildman–Crippen MR) is 137 cm³/mol. The zero-order chi connectivity index (χ0) is 25.5. The summed E-state index contributed by atoms with van der Waals surface area (Å²) in [5, 5.41) is 11.6. The summed E-state index contributed by atoms with van der Waals surface area (Å²) >= 11 is 12.5. The second-order valence-corrected chi connectivity index (χ2v) is 10.0. The number of amides is 1. The van der Waals surface area contributed by atoms with Crippen molar-refractivity contribution in [2.24, 2.45) is 0 Å². The van der Waals surface area contributed by atoms with Gasteiger partial charge in [0.15, 0.2) is 5.75 Å². The third-order valence-corrected chi connectivity index (χ3v) is 6.52. The zero-order valence-corrected chi connectivity index (χ0v) is 21.2. The van der Waals surface area contributed by atoms with Gasteiger partial charge in [-0.2, -0.15) is 0 Å². The Labute approximate surface area is 213 Å². The van der Waals surface area contributed by atoms with Crippen LogP contribution in [0.4, 0.5) is 5.69 Å². The topological polar surface area (TPSA) is 79.7 Å². The highest BCUT2D eigenvalue weighted by Gasteiger charge is 2.47. The van der Waals surface area contributed by atoms with E-state index in [9.17, 15) is 14.7 Å². The van der Waals surface area contributed by atoms with Crippen LogP contribution >= 0.6 is 23.2 Å². The molecule has 1 saturated heterocycles. The number of halogens is 2. The fraction of sp³-hybridized carbons (Fsp3) is 0.222. The molecule has 2 aromatic carbocycles. The van der Waals surface area contributed by atoms with E-state index in [-0.39, 0.29) is 38.1 Å². The molecule has 1 atom stereocenters. The van der Waals surface area contributed by atoms with Crippen LogP contribution in [0.25, 0.3) is 5.76 Å². The molecule has 0 radical (unpaired) electrons. The van der Waals surface area contributed by atoms with Gasteiger partial charge in [-0.15, -0.1) is 0 Å². The number of anilines is 1. The van der Waals surface area contributed by atoms with Crippen molar-refractivity contribution in [1.29, 1.82) is 0 Å². The zero-order valence-electron chi connectivity index (χ0n) is 19.7. The van der Waals surface area contributed by atoms with Crippen LogP contribution in [0.2, 0.25) is 10.0 Å². The average molecular weight is 511 g/mol. The number of hydrogen-bond donors (Lipinski definition) is 1. The summed E-state index contributed by atoms with van der Waals surface area (Å²) in [6, 6.07) is 12.9. The van der Waals surface area contributed by atoms with E-state index >= 15 is 0 Å². The molecule has 0 aliphatic carbocycles. The summed E-state index contributed by atoms with van der Waals surface area (Å²) in [6.07, 6.45) is 3.14. The lowest BCUT2D eigenvalue weighted by Gasteiger charge is -2.26. The normalized spacial score (nSPS) is 17.7. The van der Waals surface area contributed by atoms with Crippen molar-refractivity contribution in [3.63, 3.8) is 0 Å². The highest BCUT2D eigenvalue weighted by atomic mass is 35.5. The number of ether oxygens (including phenoxy) is 1. The molecule has 180 valence electrons. The number of benzene rings is 2. The maximum atomic E-state index is 13.3. The highest BCUT2D eigenvalue weighted by molar-refractivity contribution is 6.51. The lowest BCUT2D eigenvalue weighted by Crippen LogP contribution is -2.29. The van der Waals surface area contributed by atoms with E-state index in [1.807, 2.05) is 12.1 Å². The number of Topliss-reactive ketones (excluding diaryl/α,β-unsaturated/α-hetero) is 1. The average Bonchev–Trinajstić information content (AvgIpc) is 3.09. The van der Waals surface area contributed by atoms with Gasteiger partial charge in [-0.1, -0.05) is 56.1 Å². The smallest absolute Gasteiger partial charge is 0.300 e. The second kappa shape index (κ2) is 9.36. The number of aromatic nitrogens is 1. The van der Waals surface area contributed by atoms with Crippen molar-refractivity contribution in [2.75, 3.05) is 12.0 Å². The molecule has 0 saturated carbocycles. The van der Waals surface area contributed by atoms with Gasteiger partial charge in [0.25, 0.3) is 11.7 Å². The molecule has 1 fully saturated rings. The summed E-state index contributed by atoms with van der Waals surface area (Å²) in [7, 11) is 1.42. The van der Waals surface area contributed by atoms with Crippen LogP contribution in [-0.4, -0.2) is 28.9 Å². The fourth-order valence-electron chi connectivity index (χ4n) is 4.13. The molecule has 1 aliphatic rings. The quantitative estimate of drug-likeness (QED) is 0.252. The molecule has 1 aliphatic heterocycles. The lowest BCUT2D eigenvalue weighted by molar-refractivity contribution is -0.132. The number of carbonyl (C=O) groups is 2. The number of methoxy groups -OCH3 is 1. The van der Waals surface area contributed by atoms with Crippen LogP contribution in [0.1, 0.15) is 43.5 Å². The summed E-state index contributed by atoms with van der Waals surface area (Å²) < 4.78 is 5.18. The maximum absolute atomic E-state index is 13.3. The predicted octanol–water partition coefficient (Wildman–Crippen LogP) is 6.32. The van der Waals surface area contributed by atoms with Crippen molar-refractivity contribution in [2.45, 2.75) is 32.2 Å². The molecule has 1 aromatic heterocycles. The Morgan fingerprint density at radius 2 is 1.57 bits per heavy atom. The van der Waals surface area contributed by atoms with Gasteiger partial charge in [-0.05, 0) is 52.9 Å². The third-order valence-electron chi connectivity index (χ3n) is 5.95. The Morgan fingerprint density at radius 1 is 1.00 bits per heavy atom. The molecule has 4 rings (SSSR count). The van der Waals surface area contributed by atoms with Crippen molar-refractivity contribution in [3.8, 4) is 5.75 Å². The van der Waals surface area contributed by atoms with Crippen molar-refractivity contribution in [3.05, 3.63) is 93.2 Å². The third kappa shape index (κ3) is 4.51. The number of hydrogen-bond acceptors (Lipinski definition) is 5. The number of aliphatic hydroxyl groups is 1. The van der Waals surface area contributed by atoms with Gasteiger partial charge in [0.1, 0.15) is 5.76 Å². The van der Waals surface area contributed by atoms with Crippen molar-refractivity contribution < 1.29 is 19.4 Å². The Balaban J connectivity index is 1.91. The van der Waals surface area contributed by atoms with Gasteiger partial charge < -0.3 is 9.84 Å². The first-order valence-corrected chi connectivity index (χ1v) is 11.6. The van der Waals surface area contributed by atoms with Crippen LogP contribution in [0.15, 0.2) is 66.5 Å². The van der Waals surface area contributed by atoms with Crippen LogP contribution in [0.3, 0.4) is 0 Å². The molecule has 0 spiro atoms. The van der Waals surface area contributed by atoms with Crippen molar-refractivity contribution >= 4 is 46.3 Å². The van der Waals surface area contributed by atoms with Crippen LogP contribution in [0.5, 0.6) is 5.75 Å². The van der Waals surface area contributed by atoms with E-state index < -0.39 is 17.7 Å². The van der Waals surface area contributed by atoms with Gasteiger partial charge in [0, 0.05) is 23.6 Å². The summed E-state index contributed by atoms with van der Waals surface area (Å²) in [5.41, 5.74) is 2.28. The number of pyridine rings is 1. The molecule has 8 heteroatoms. The Morgan fingerprint density at radius 3 is 2.09 bits per heavy atom. The van der Waals surface area contributed by atoms with Crippen LogP contribution in [-0.2, 0) is 15.0 Å². The molecule has 1 amide bonds. The van der Waals surface area contributed by atoms with Crippen LogP contribution < -0.4 is 9.64 Å². The van der Waals surface area contributed by atoms with E-state index in [1.165, 1.54) is 24.1 Å². The minimum atomic E-state index is -0.877. The van der Waals surface area contributed by atoms with E-state index in [0.717, 1.165) is 5.56 Å². The van der Waals surface area contributed by atoms with Gasteiger partial charge in [0.05, 0.1) is 28.8 Å². The second-order valence-electron chi connectivity index (χ2n) is 9.22. The number of ketones is 1. The molecule has 6 nitrogen and oxygen atoms in total. The summed E-state index contributed by atoms with van der Waals surface area (Å²) in [4.78, 5) is 32.0. The number of rotatable bonds is 4. The largest absolute Gasteiger partial charge is 0.507 e. The van der Waals surface area contributed by atoms with Gasteiger partial charge in [-0.25, -0.2) is 0 Å². The summed E-state index contributed by atoms with van der Waals surface area (Å²) in [5.74, 6) is -1.70. The van der Waals surface area contributed by atoms with Gasteiger partial charge >= 0.3 is 0 Å². The monoisotopic (exact) mass is 510 g/mol. The van der Waals surface area contributed by atoms with E-state index in [4.69, 9.17) is 27.9 Å².